The zero-order chi connectivity index (χ0) is 12.8. The number of hydrazone groups is 1. The summed E-state index contributed by atoms with van der Waals surface area (Å²) < 4.78 is 5.49. The lowest BCUT2D eigenvalue weighted by Crippen LogP contribution is -2.37. The molecule has 1 aromatic heterocycles. The Hall–Kier alpha value is -0.980. The predicted molar refractivity (Wildman–Crippen MR) is 79.4 cm³/mol. The van der Waals surface area contributed by atoms with Crippen molar-refractivity contribution in [2.24, 2.45) is 5.10 Å². The number of nitrogens with zero attached hydrogens (tertiary/aromatic N) is 1. The van der Waals surface area contributed by atoms with Gasteiger partial charge in [-0.25, -0.2) is 0 Å². The second-order valence-electron chi connectivity index (χ2n) is 4.16. The molecule has 6 heteroatoms. The van der Waals surface area contributed by atoms with Crippen LogP contribution in [-0.2, 0) is 4.74 Å². The summed E-state index contributed by atoms with van der Waals surface area (Å²) in [7, 11) is 0. The lowest BCUT2D eigenvalue weighted by Gasteiger charge is -2.11. The summed E-state index contributed by atoms with van der Waals surface area (Å²) in [5.74, 6) is 0. The first-order valence-electron chi connectivity index (χ1n) is 5.99. The van der Waals surface area contributed by atoms with Gasteiger partial charge in [0.05, 0.1) is 12.3 Å². The summed E-state index contributed by atoms with van der Waals surface area (Å²) in [6, 6.07) is 4.11. The van der Waals surface area contributed by atoms with Gasteiger partial charge in [-0.2, -0.15) is 5.10 Å². The maximum atomic E-state index is 5.49. The zero-order valence-corrected chi connectivity index (χ0v) is 11.9. The number of ether oxygens (including phenoxy) is 1. The van der Waals surface area contributed by atoms with E-state index in [2.05, 4.69) is 28.8 Å². The van der Waals surface area contributed by atoms with Gasteiger partial charge in [-0.15, -0.1) is 11.3 Å². The van der Waals surface area contributed by atoms with Gasteiger partial charge in [0.1, 0.15) is 0 Å². The molecular weight excluding hydrogens is 266 g/mol. The van der Waals surface area contributed by atoms with Crippen LogP contribution in [0.2, 0.25) is 0 Å². The van der Waals surface area contributed by atoms with E-state index in [-0.39, 0.29) is 6.10 Å². The molecule has 0 bridgehead atoms. The van der Waals surface area contributed by atoms with Crippen LogP contribution in [0, 0.1) is 6.92 Å². The summed E-state index contributed by atoms with van der Waals surface area (Å²) in [5, 5.41) is 7.73. The van der Waals surface area contributed by atoms with Crippen LogP contribution in [0.4, 0.5) is 0 Å². The third kappa shape index (κ3) is 4.36. The van der Waals surface area contributed by atoms with E-state index in [9.17, 15) is 0 Å². The van der Waals surface area contributed by atoms with Gasteiger partial charge in [-0.3, -0.25) is 5.43 Å². The second-order valence-corrected chi connectivity index (χ2v) is 5.89. The van der Waals surface area contributed by atoms with E-state index < -0.39 is 0 Å². The molecule has 2 N–H and O–H groups in total. The van der Waals surface area contributed by atoms with E-state index in [1.807, 2.05) is 6.07 Å². The minimum atomic E-state index is 0.286. The molecule has 0 aromatic carbocycles. The lowest BCUT2D eigenvalue weighted by atomic mass is 10.2. The summed E-state index contributed by atoms with van der Waals surface area (Å²) in [6.45, 7) is 3.69. The second kappa shape index (κ2) is 6.82. The lowest BCUT2D eigenvalue weighted by molar-refractivity contribution is 0.114. The third-order valence-electron chi connectivity index (χ3n) is 2.63. The van der Waals surface area contributed by atoms with Crippen molar-refractivity contribution in [3.8, 4) is 0 Å². The minimum Gasteiger partial charge on any atom is -0.376 e. The number of hydrogen-bond donors (Lipinski definition) is 2. The molecule has 1 saturated heterocycles. The number of hydrogen-bond acceptors (Lipinski definition) is 4. The monoisotopic (exact) mass is 283 g/mol. The fourth-order valence-electron chi connectivity index (χ4n) is 1.73. The molecule has 1 aliphatic rings. The first-order valence-corrected chi connectivity index (χ1v) is 7.21. The SMILES string of the molecule is Cc1ccc(C=NNC(=S)NCC2CCCO2)s1. The van der Waals surface area contributed by atoms with E-state index in [0.717, 1.165) is 30.9 Å². The van der Waals surface area contributed by atoms with Crippen molar-refractivity contribution in [3.05, 3.63) is 21.9 Å². The van der Waals surface area contributed by atoms with Gasteiger partial charge in [0.25, 0.3) is 0 Å². The molecule has 98 valence electrons. The third-order valence-corrected chi connectivity index (χ3v) is 3.80. The maximum Gasteiger partial charge on any atom is 0.187 e. The van der Waals surface area contributed by atoms with Crippen molar-refractivity contribution in [1.29, 1.82) is 0 Å². The Labute approximate surface area is 116 Å². The van der Waals surface area contributed by atoms with Gasteiger partial charge in [-0.05, 0) is 44.1 Å². The molecular formula is C12H17N3OS2. The van der Waals surface area contributed by atoms with Crippen molar-refractivity contribution in [2.45, 2.75) is 25.9 Å². The highest BCUT2D eigenvalue weighted by molar-refractivity contribution is 7.80. The minimum absolute atomic E-state index is 0.286. The van der Waals surface area contributed by atoms with Crippen LogP contribution in [0.1, 0.15) is 22.6 Å². The van der Waals surface area contributed by atoms with Crippen LogP contribution in [0.3, 0.4) is 0 Å². The maximum absolute atomic E-state index is 5.49. The summed E-state index contributed by atoms with van der Waals surface area (Å²) in [4.78, 5) is 2.39. The molecule has 2 rings (SSSR count). The normalized spacial score (nSPS) is 19.3. The first-order chi connectivity index (χ1) is 8.74. The van der Waals surface area contributed by atoms with Gasteiger partial charge in [-0.1, -0.05) is 0 Å². The molecule has 0 aliphatic carbocycles. The van der Waals surface area contributed by atoms with E-state index >= 15 is 0 Å². The largest absolute Gasteiger partial charge is 0.376 e. The van der Waals surface area contributed by atoms with Gasteiger partial charge < -0.3 is 10.1 Å². The highest BCUT2D eigenvalue weighted by atomic mass is 32.1. The van der Waals surface area contributed by atoms with Crippen LogP contribution in [-0.4, -0.2) is 30.6 Å². The summed E-state index contributed by atoms with van der Waals surface area (Å²) in [6.07, 6.45) is 4.31. The van der Waals surface area contributed by atoms with Gasteiger partial charge >= 0.3 is 0 Å². The molecule has 1 aliphatic heterocycles. The molecule has 1 fully saturated rings. The van der Waals surface area contributed by atoms with Crippen LogP contribution < -0.4 is 10.7 Å². The Kier molecular flexibility index (Phi) is 5.10. The van der Waals surface area contributed by atoms with Crippen LogP contribution in [0.15, 0.2) is 17.2 Å². The van der Waals surface area contributed by atoms with Gasteiger partial charge in [0.15, 0.2) is 5.11 Å². The molecule has 0 radical (unpaired) electrons. The van der Waals surface area contributed by atoms with Crippen molar-refractivity contribution in [2.75, 3.05) is 13.2 Å². The first kappa shape index (κ1) is 13.5. The fraction of sp³-hybridized carbons (Fsp3) is 0.500. The average Bonchev–Trinajstić information content (AvgIpc) is 2.98. The molecule has 18 heavy (non-hydrogen) atoms. The van der Waals surface area contributed by atoms with Crippen molar-refractivity contribution in [3.63, 3.8) is 0 Å². The van der Waals surface area contributed by atoms with Crippen LogP contribution >= 0.6 is 23.6 Å². The zero-order valence-electron chi connectivity index (χ0n) is 10.3. The summed E-state index contributed by atoms with van der Waals surface area (Å²) in [5.41, 5.74) is 2.81. The average molecular weight is 283 g/mol. The fourth-order valence-corrected chi connectivity index (χ4v) is 2.61. The topological polar surface area (TPSA) is 45.7 Å². The number of aryl methyl sites for hydroxylation is 1. The van der Waals surface area contributed by atoms with Gasteiger partial charge in [0, 0.05) is 22.9 Å². The molecule has 4 nitrogen and oxygen atoms in total. The molecule has 0 spiro atoms. The Balaban J connectivity index is 1.66. The molecule has 1 unspecified atom stereocenters. The van der Waals surface area contributed by atoms with E-state index in [4.69, 9.17) is 17.0 Å². The Bertz CT molecular complexity index is 425. The predicted octanol–water partition coefficient (Wildman–Crippen LogP) is 2.03. The van der Waals surface area contributed by atoms with E-state index in [1.165, 1.54) is 4.88 Å². The smallest absolute Gasteiger partial charge is 0.187 e. The Morgan fingerprint density at radius 2 is 2.56 bits per heavy atom. The number of nitrogens with one attached hydrogen (secondary N) is 2. The van der Waals surface area contributed by atoms with E-state index in [0.29, 0.717) is 5.11 Å². The quantitative estimate of drug-likeness (QED) is 0.504. The van der Waals surface area contributed by atoms with Crippen LogP contribution in [0.5, 0.6) is 0 Å². The number of thiocarbonyl (C=S) groups is 1. The van der Waals surface area contributed by atoms with Crippen LogP contribution in [0.25, 0.3) is 0 Å². The molecule has 1 atom stereocenters. The molecule has 0 amide bonds. The highest BCUT2D eigenvalue weighted by Crippen LogP contribution is 2.12. The number of rotatable bonds is 4. The van der Waals surface area contributed by atoms with E-state index in [1.54, 1.807) is 17.6 Å². The molecule has 2 heterocycles. The number of thiophene rings is 1. The highest BCUT2D eigenvalue weighted by Gasteiger charge is 2.14. The molecule has 1 aromatic rings. The van der Waals surface area contributed by atoms with Gasteiger partial charge in [0.2, 0.25) is 0 Å². The Morgan fingerprint density at radius 1 is 1.67 bits per heavy atom. The van der Waals surface area contributed by atoms with Crippen molar-refractivity contribution in [1.82, 2.24) is 10.7 Å². The Morgan fingerprint density at radius 3 is 3.22 bits per heavy atom. The summed E-state index contributed by atoms with van der Waals surface area (Å²) >= 11 is 6.82. The molecule has 0 saturated carbocycles. The van der Waals surface area contributed by atoms with Crippen molar-refractivity contribution < 1.29 is 4.74 Å². The van der Waals surface area contributed by atoms with Crippen molar-refractivity contribution >= 4 is 34.9 Å². The standard InChI is InChI=1S/C12H17N3OS2/c1-9-4-5-11(18-9)8-14-15-12(17)13-7-10-3-2-6-16-10/h4-5,8,10H,2-3,6-7H2,1H3,(H2,13,15,17).